The molecule has 1 aliphatic carbocycles. The molecule has 3 atom stereocenters. The van der Waals surface area contributed by atoms with E-state index in [-0.39, 0.29) is 12.1 Å². The van der Waals surface area contributed by atoms with Crippen LogP contribution in [0, 0.1) is 0 Å². The predicted octanol–water partition coefficient (Wildman–Crippen LogP) is 2.54. The molecule has 1 heterocycles. The van der Waals surface area contributed by atoms with E-state index < -0.39 is 10.0 Å². The minimum Gasteiger partial charge on any atom is -0.207 e. The Morgan fingerprint density at radius 3 is 2.12 bits per heavy atom. The Balaban J connectivity index is 1.90. The fraction of sp³-hybridized carbons (Fsp3) is 0.333. The number of rotatable bonds is 2. The maximum Gasteiger partial charge on any atom is 0.243 e. The third-order valence-electron chi connectivity index (χ3n) is 3.32. The van der Waals surface area contributed by atoms with Crippen LogP contribution in [0.2, 0.25) is 0 Å². The summed E-state index contributed by atoms with van der Waals surface area (Å²) in [5.41, 5.74) is 0. The van der Waals surface area contributed by atoms with Crippen LogP contribution in [0.15, 0.2) is 45.8 Å². The van der Waals surface area contributed by atoms with Gasteiger partial charge in [-0.25, -0.2) is 8.42 Å². The summed E-state index contributed by atoms with van der Waals surface area (Å²) in [7, 11) is -3.29. The lowest BCUT2D eigenvalue weighted by Crippen LogP contribution is -2.15. The highest BCUT2D eigenvalue weighted by molar-refractivity contribution is 9.10. The zero-order chi connectivity index (χ0) is 12.0. The van der Waals surface area contributed by atoms with Gasteiger partial charge in [0.15, 0.2) is 0 Å². The first-order valence-corrected chi connectivity index (χ1v) is 7.78. The van der Waals surface area contributed by atoms with Gasteiger partial charge in [0.2, 0.25) is 10.0 Å². The molecule has 5 heteroatoms. The first-order chi connectivity index (χ1) is 8.10. The van der Waals surface area contributed by atoms with Gasteiger partial charge in [-0.3, -0.25) is 0 Å². The Kier molecular flexibility index (Phi) is 2.65. The van der Waals surface area contributed by atoms with Gasteiger partial charge in [0.25, 0.3) is 0 Å². The van der Waals surface area contributed by atoms with Gasteiger partial charge < -0.3 is 0 Å². The molecule has 90 valence electrons. The van der Waals surface area contributed by atoms with E-state index in [9.17, 15) is 8.42 Å². The number of nitrogens with zero attached hydrogens (tertiary/aromatic N) is 1. The molecule has 0 amide bonds. The summed E-state index contributed by atoms with van der Waals surface area (Å²) in [5, 5.41) is 0. The lowest BCUT2D eigenvalue weighted by Gasteiger charge is -2.05. The average molecular weight is 314 g/mol. The lowest BCUT2D eigenvalue weighted by atomic mass is 10.1. The smallest absolute Gasteiger partial charge is 0.207 e. The van der Waals surface area contributed by atoms with E-state index in [4.69, 9.17) is 0 Å². The first-order valence-electron chi connectivity index (χ1n) is 5.55. The van der Waals surface area contributed by atoms with Crippen LogP contribution >= 0.6 is 15.9 Å². The molecule has 1 unspecified atom stereocenters. The second kappa shape index (κ2) is 3.93. The number of benzene rings is 1. The molecule has 1 fully saturated rings. The molecule has 17 heavy (non-hydrogen) atoms. The molecular formula is C12H12BrNO2S. The normalized spacial score (nSPS) is 31.0. The maximum absolute atomic E-state index is 12.4. The SMILES string of the molecule is O=S(=O)(c1ccc(Br)cc1)N1[C@@H]2CC=CC[C@@H]21. The molecule has 0 bridgehead atoms. The maximum atomic E-state index is 12.4. The third-order valence-corrected chi connectivity index (χ3v) is 5.81. The largest absolute Gasteiger partial charge is 0.243 e. The summed E-state index contributed by atoms with van der Waals surface area (Å²) in [6.07, 6.45) is 5.83. The van der Waals surface area contributed by atoms with Crippen LogP contribution in [-0.4, -0.2) is 24.8 Å². The fourth-order valence-electron chi connectivity index (χ4n) is 2.39. The summed E-state index contributed by atoms with van der Waals surface area (Å²) >= 11 is 3.31. The van der Waals surface area contributed by atoms with Crippen LogP contribution in [0.5, 0.6) is 0 Å². The highest BCUT2D eigenvalue weighted by Crippen LogP contribution is 2.42. The first kappa shape index (κ1) is 11.4. The van der Waals surface area contributed by atoms with Gasteiger partial charge >= 0.3 is 0 Å². The molecule has 0 aromatic heterocycles. The zero-order valence-electron chi connectivity index (χ0n) is 9.08. The number of hydrogen-bond acceptors (Lipinski definition) is 2. The van der Waals surface area contributed by atoms with Crippen molar-refractivity contribution in [3.8, 4) is 0 Å². The summed E-state index contributed by atoms with van der Waals surface area (Å²) in [6, 6.07) is 7.20. The number of sulfonamides is 1. The lowest BCUT2D eigenvalue weighted by molar-refractivity contribution is 0.546. The second-order valence-corrected chi connectivity index (χ2v) is 7.13. The summed E-state index contributed by atoms with van der Waals surface area (Å²) < 4.78 is 27.2. The van der Waals surface area contributed by atoms with E-state index in [2.05, 4.69) is 28.1 Å². The van der Waals surface area contributed by atoms with Crippen molar-refractivity contribution in [2.24, 2.45) is 0 Å². The molecule has 3 rings (SSSR count). The van der Waals surface area contributed by atoms with E-state index in [0.717, 1.165) is 17.3 Å². The molecule has 0 spiro atoms. The molecule has 1 saturated heterocycles. The number of fused-ring (bicyclic) bond motifs is 1. The van der Waals surface area contributed by atoms with Crippen molar-refractivity contribution in [2.75, 3.05) is 0 Å². The van der Waals surface area contributed by atoms with Gasteiger partial charge in [-0.1, -0.05) is 28.1 Å². The van der Waals surface area contributed by atoms with Crippen molar-refractivity contribution in [3.05, 3.63) is 40.9 Å². The van der Waals surface area contributed by atoms with Crippen LogP contribution in [-0.2, 0) is 10.0 Å². The van der Waals surface area contributed by atoms with Gasteiger partial charge in [-0.2, -0.15) is 4.31 Å². The summed E-state index contributed by atoms with van der Waals surface area (Å²) in [5.74, 6) is 0. The molecule has 1 aromatic rings. The minimum absolute atomic E-state index is 0.189. The third kappa shape index (κ3) is 1.86. The Labute approximate surface area is 109 Å². The number of hydrogen-bond donors (Lipinski definition) is 0. The van der Waals surface area contributed by atoms with Crippen molar-refractivity contribution in [2.45, 2.75) is 29.8 Å². The van der Waals surface area contributed by atoms with E-state index in [1.165, 1.54) is 0 Å². The van der Waals surface area contributed by atoms with Gasteiger partial charge in [-0.15, -0.1) is 0 Å². The Morgan fingerprint density at radius 1 is 1.06 bits per heavy atom. The highest BCUT2D eigenvalue weighted by Gasteiger charge is 2.54. The van der Waals surface area contributed by atoms with Crippen molar-refractivity contribution in [3.63, 3.8) is 0 Å². The van der Waals surface area contributed by atoms with E-state index >= 15 is 0 Å². The number of halogens is 1. The molecule has 1 aliphatic heterocycles. The van der Waals surface area contributed by atoms with Crippen LogP contribution < -0.4 is 0 Å². The quantitative estimate of drug-likeness (QED) is 0.621. The topological polar surface area (TPSA) is 37.1 Å². The minimum atomic E-state index is -3.29. The molecule has 0 saturated carbocycles. The summed E-state index contributed by atoms with van der Waals surface area (Å²) in [4.78, 5) is 0.384. The molecule has 0 radical (unpaired) electrons. The Bertz CT molecular complexity index is 551. The summed E-state index contributed by atoms with van der Waals surface area (Å²) in [6.45, 7) is 0. The van der Waals surface area contributed by atoms with Crippen molar-refractivity contribution < 1.29 is 8.42 Å². The van der Waals surface area contributed by atoms with Crippen LogP contribution in [0.25, 0.3) is 0 Å². The van der Waals surface area contributed by atoms with E-state index in [0.29, 0.717) is 4.90 Å². The highest BCUT2D eigenvalue weighted by atomic mass is 79.9. The molecule has 1 aromatic carbocycles. The second-order valence-electron chi connectivity index (χ2n) is 4.37. The van der Waals surface area contributed by atoms with Crippen LogP contribution in [0.4, 0.5) is 0 Å². The van der Waals surface area contributed by atoms with Crippen LogP contribution in [0.3, 0.4) is 0 Å². The van der Waals surface area contributed by atoms with Crippen molar-refractivity contribution in [1.29, 1.82) is 0 Å². The monoisotopic (exact) mass is 313 g/mol. The van der Waals surface area contributed by atoms with Gasteiger partial charge in [0.1, 0.15) is 0 Å². The molecule has 2 aliphatic rings. The van der Waals surface area contributed by atoms with Crippen molar-refractivity contribution >= 4 is 26.0 Å². The van der Waals surface area contributed by atoms with Gasteiger partial charge in [0, 0.05) is 16.6 Å². The molecular weight excluding hydrogens is 302 g/mol. The standard InChI is InChI=1S/C12H12BrNO2S/c13-9-5-7-10(8-6-9)17(15,16)14-11-3-1-2-4-12(11)14/h1-2,5-8,11-12H,3-4H2/t11-,12+,14?. The zero-order valence-corrected chi connectivity index (χ0v) is 11.5. The Morgan fingerprint density at radius 2 is 1.59 bits per heavy atom. The average Bonchev–Trinajstić information content (AvgIpc) is 3.04. The molecule has 3 nitrogen and oxygen atoms in total. The molecule has 0 N–H and O–H groups in total. The van der Waals surface area contributed by atoms with Gasteiger partial charge in [0.05, 0.1) is 4.90 Å². The predicted molar refractivity (Wildman–Crippen MR) is 69.1 cm³/mol. The fourth-order valence-corrected chi connectivity index (χ4v) is 4.49. The van der Waals surface area contributed by atoms with Crippen molar-refractivity contribution in [1.82, 2.24) is 4.31 Å². The van der Waals surface area contributed by atoms with Crippen LogP contribution in [0.1, 0.15) is 12.8 Å². The van der Waals surface area contributed by atoms with Gasteiger partial charge in [-0.05, 0) is 37.1 Å². The van der Waals surface area contributed by atoms with E-state index in [1.54, 1.807) is 28.6 Å². The Hall–Kier alpha value is -0.650. The van der Waals surface area contributed by atoms with E-state index in [1.807, 2.05) is 0 Å².